The van der Waals surface area contributed by atoms with Gasteiger partial charge in [-0.3, -0.25) is 4.79 Å². The number of piperidine rings is 1. The topological polar surface area (TPSA) is 116 Å². The Morgan fingerprint density at radius 3 is 2.75 bits per heavy atom. The van der Waals surface area contributed by atoms with Gasteiger partial charge in [0.05, 0.1) is 17.2 Å². The molecule has 0 spiro atoms. The molecule has 2 aliphatic rings. The maximum Gasteiger partial charge on any atom is 0.338 e. The predicted molar refractivity (Wildman–Crippen MR) is 116 cm³/mol. The fraction of sp³-hybridized carbons (Fsp3) is 0.417. The molecule has 0 unspecified atom stereocenters. The van der Waals surface area contributed by atoms with E-state index in [1.807, 2.05) is 26.0 Å². The van der Waals surface area contributed by atoms with Crippen LogP contribution in [0, 0.1) is 18.3 Å². The summed E-state index contributed by atoms with van der Waals surface area (Å²) in [5, 5.41) is 22.8. The van der Waals surface area contributed by atoms with Gasteiger partial charge in [0.15, 0.2) is 0 Å². The van der Waals surface area contributed by atoms with Crippen molar-refractivity contribution < 1.29 is 19.4 Å². The third-order valence-electron chi connectivity index (χ3n) is 6.50. The third-order valence-corrected chi connectivity index (χ3v) is 6.50. The molecule has 32 heavy (non-hydrogen) atoms. The zero-order valence-corrected chi connectivity index (χ0v) is 18.2. The van der Waals surface area contributed by atoms with Crippen molar-refractivity contribution >= 4 is 11.9 Å². The molecule has 8 nitrogen and oxygen atoms in total. The van der Waals surface area contributed by atoms with Crippen LogP contribution in [0.15, 0.2) is 30.5 Å². The quantitative estimate of drug-likeness (QED) is 0.694. The van der Waals surface area contributed by atoms with Gasteiger partial charge in [0, 0.05) is 36.9 Å². The molecule has 166 valence electrons. The molecule has 1 saturated heterocycles. The minimum absolute atomic E-state index is 0.254. The SMILES string of the molecule is Cc1c([C@@H](O)CN2CCC(C)(NC(=O)c3ccc(C#N)cn3)CC2)ccc2c1COC2=O. The summed E-state index contributed by atoms with van der Waals surface area (Å²) in [5.74, 6) is -0.561. The van der Waals surface area contributed by atoms with Gasteiger partial charge >= 0.3 is 5.97 Å². The fourth-order valence-corrected chi connectivity index (χ4v) is 4.36. The van der Waals surface area contributed by atoms with Crippen molar-refractivity contribution in [2.24, 2.45) is 0 Å². The van der Waals surface area contributed by atoms with Crippen LogP contribution < -0.4 is 5.32 Å². The number of nitriles is 1. The average molecular weight is 434 g/mol. The van der Waals surface area contributed by atoms with Gasteiger partial charge in [-0.05, 0) is 56.0 Å². The van der Waals surface area contributed by atoms with E-state index in [9.17, 15) is 14.7 Å². The maximum atomic E-state index is 12.6. The first kappa shape index (κ1) is 21.9. The number of benzene rings is 1. The summed E-state index contributed by atoms with van der Waals surface area (Å²) >= 11 is 0. The van der Waals surface area contributed by atoms with E-state index >= 15 is 0 Å². The van der Waals surface area contributed by atoms with Crippen LogP contribution in [-0.4, -0.2) is 52.0 Å². The Morgan fingerprint density at radius 1 is 1.34 bits per heavy atom. The lowest BCUT2D eigenvalue weighted by atomic mass is 9.88. The Labute approximate surface area is 186 Å². The highest BCUT2D eigenvalue weighted by molar-refractivity contribution is 5.94. The number of hydrogen-bond donors (Lipinski definition) is 2. The van der Waals surface area contributed by atoms with Gasteiger partial charge < -0.3 is 20.1 Å². The highest BCUT2D eigenvalue weighted by Crippen LogP contribution is 2.30. The number of hydrogen-bond acceptors (Lipinski definition) is 7. The lowest BCUT2D eigenvalue weighted by molar-refractivity contribution is 0.0534. The number of ether oxygens (including phenoxy) is 1. The van der Waals surface area contributed by atoms with E-state index in [0.717, 1.165) is 42.6 Å². The molecule has 3 heterocycles. The molecule has 2 aliphatic heterocycles. The smallest absolute Gasteiger partial charge is 0.338 e. The van der Waals surface area contributed by atoms with Crippen LogP contribution in [-0.2, 0) is 11.3 Å². The zero-order valence-electron chi connectivity index (χ0n) is 18.2. The maximum absolute atomic E-state index is 12.6. The van der Waals surface area contributed by atoms with Gasteiger partial charge in [0.25, 0.3) is 5.91 Å². The molecule has 1 atom stereocenters. The largest absolute Gasteiger partial charge is 0.457 e. The first-order chi connectivity index (χ1) is 15.3. The number of carbonyl (C=O) groups excluding carboxylic acids is 2. The Morgan fingerprint density at radius 2 is 2.09 bits per heavy atom. The Bertz CT molecular complexity index is 1080. The second-order valence-corrected chi connectivity index (χ2v) is 8.76. The van der Waals surface area contributed by atoms with E-state index in [4.69, 9.17) is 10.00 Å². The number of nitrogens with zero attached hydrogens (tertiary/aromatic N) is 3. The molecule has 0 aliphatic carbocycles. The van der Waals surface area contributed by atoms with E-state index < -0.39 is 6.10 Å². The predicted octanol–water partition coefficient (Wildman–Crippen LogP) is 2.25. The Hall–Kier alpha value is -3.28. The normalized spacial score (nSPS) is 18.4. The standard InChI is InChI=1S/C24H26N4O4/c1-15-17(4-5-18-19(15)14-32-23(18)31)21(29)13-28-9-7-24(2,8-10-28)27-22(30)20-6-3-16(11-25)12-26-20/h3-6,12,21,29H,7-10,13-14H2,1-2H3,(H,27,30)/t21-/m0/s1. The number of carbonyl (C=O) groups is 2. The molecule has 1 aromatic carbocycles. The lowest BCUT2D eigenvalue weighted by Crippen LogP contribution is -2.53. The van der Waals surface area contributed by atoms with Crippen molar-refractivity contribution in [2.75, 3.05) is 19.6 Å². The number of nitrogens with one attached hydrogen (secondary N) is 1. The molecule has 0 radical (unpaired) electrons. The number of aromatic nitrogens is 1. The third kappa shape index (κ3) is 4.35. The number of aliphatic hydroxyl groups excluding tert-OH is 1. The highest BCUT2D eigenvalue weighted by Gasteiger charge is 2.33. The number of rotatable bonds is 5. The van der Waals surface area contributed by atoms with E-state index in [-0.39, 0.29) is 29.7 Å². The van der Waals surface area contributed by atoms with Crippen molar-refractivity contribution in [3.63, 3.8) is 0 Å². The highest BCUT2D eigenvalue weighted by atomic mass is 16.5. The zero-order chi connectivity index (χ0) is 22.9. The fourth-order valence-electron chi connectivity index (χ4n) is 4.36. The summed E-state index contributed by atoms with van der Waals surface area (Å²) in [5.41, 5.74) is 3.50. The van der Waals surface area contributed by atoms with Crippen molar-refractivity contribution in [1.82, 2.24) is 15.2 Å². The van der Waals surface area contributed by atoms with Crippen LogP contribution in [0.2, 0.25) is 0 Å². The Balaban J connectivity index is 1.34. The van der Waals surface area contributed by atoms with Crippen molar-refractivity contribution in [1.29, 1.82) is 5.26 Å². The van der Waals surface area contributed by atoms with Crippen molar-refractivity contribution in [3.05, 3.63) is 64.0 Å². The summed E-state index contributed by atoms with van der Waals surface area (Å²) in [6, 6.07) is 8.67. The number of cyclic esters (lactones) is 1. The summed E-state index contributed by atoms with van der Waals surface area (Å²) in [4.78, 5) is 30.6. The van der Waals surface area contributed by atoms with Gasteiger partial charge in [0.1, 0.15) is 18.4 Å². The van der Waals surface area contributed by atoms with Crippen LogP contribution in [0.25, 0.3) is 0 Å². The number of amides is 1. The summed E-state index contributed by atoms with van der Waals surface area (Å²) in [7, 11) is 0. The molecule has 0 bridgehead atoms. The monoisotopic (exact) mass is 434 g/mol. The van der Waals surface area contributed by atoms with Crippen LogP contribution in [0.5, 0.6) is 0 Å². The molecule has 1 fully saturated rings. The molecule has 1 aromatic heterocycles. The number of fused-ring (bicyclic) bond motifs is 1. The first-order valence-electron chi connectivity index (χ1n) is 10.7. The van der Waals surface area contributed by atoms with E-state index in [0.29, 0.717) is 17.7 Å². The van der Waals surface area contributed by atoms with E-state index in [2.05, 4.69) is 15.2 Å². The minimum atomic E-state index is -0.669. The Kier molecular flexibility index (Phi) is 5.96. The summed E-state index contributed by atoms with van der Waals surface area (Å²) in [6.45, 7) is 6.15. The number of likely N-dealkylation sites (tertiary alicyclic amines) is 1. The minimum Gasteiger partial charge on any atom is -0.457 e. The summed E-state index contributed by atoms with van der Waals surface area (Å²) in [6.07, 6.45) is 2.21. The van der Waals surface area contributed by atoms with Gasteiger partial charge in [0.2, 0.25) is 0 Å². The van der Waals surface area contributed by atoms with Crippen LogP contribution in [0.1, 0.15) is 69.0 Å². The van der Waals surface area contributed by atoms with Gasteiger partial charge in [-0.2, -0.15) is 5.26 Å². The van der Waals surface area contributed by atoms with Crippen molar-refractivity contribution in [2.45, 2.75) is 44.9 Å². The van der Waals surface area contributed by atoms with Crippen molar-refractivity contribution in [3.8, 4) is 6.07 Å². The molecule has 0 saturated carbocycles. The van der Waals surface area contributed by atoms with Gasteiger partial charge in [-0.25, -0.2) is 9.78 Å². The lowest BCUT2D eigenvalue weighted by Gasteiger charge is -2.40. The second-order valence-electron chi connectivity index (χ2n) is 8.76. The number of pyridine rings is 1. The molecular formula is C24H26N4O4. The summed E-state index contributed by atoms with van der Waals surface area (Å²) < 4.78 is 5.10. The van der Waals surface area contributed by atoms with Crippen LogP contribution in [0.3, 0.4) is 0 Å². The molecular weight excluding hydrogens is 408 g/mol. The molecule has 4 rings (SSSR count). The first-order valence-corrected chi connectivity index (χ1v) is 10.7. The van der Waals surface area contributed by atoms with Gasteiger partial charge in [-0.15, -0.1) is 0 Å². The molecule has 8 heteroatoms. The molecule has 1 amide bonds. The van der Waals surface area contributed by atoms with E-state index in [1.54, 1.807) is 18.2 Å². The second kappa shape index (κ2) is 8.69. The molecule has 2 N–H and O–H groups in total. The average Bonchev–Trinajstić information content (AvgIpc) is 3.17. The number of aliphatic hydroxyl groups is 1. The number of β-amino-alcohol motifs (C(OH)–C–C–N with tert-alkyl or cyclic N) is 1. The number of esters is 1. The molecule has 2 aromatic rings. The van der Waals surface area contributed by atoms with Gasteiger partial charge in [-0.1, -0.05) is 6.07 Å². The van der Waals surface area contributed by atoms with Crippen LogP contribution >= 0.6 is 0 Å². The van der Waals surface area contributed by atoms with E-state index in [1.165, 1.54) is 6.20 Å². The van der Waals surface area contributed by atoms with Crippen LogP contribution in [0.4, 0.5) is 0 Å².